The number of benzene rings is 2. The van der Waals surface area contributed by atoms with E-state index >= 15 is 0 Å². The quantitative estimate of drug-likeness (QED) is 0.532. The number of carbonyl (C=O) groups is 1. The topological polar surface area (TPSA) is 95.7 Å². The molecular formula is C21H17N3O4S. The second kappa shape index (κ2) is 6.82. The monoisotopic (exact) mass is 407 g/mol. The number of carbonyl (C=O) groups excluding carboxylic acids is 1. The fourth-order valence-corrected chi connectivity index (χ4v) is 4.31. The van der Waals surface area contributed by atoms with Crippen LogP contribution in [0.2, 0.25) is 0 Å². The van der Waals surface area contributed by atoms with Crippen molar-refractivity contribution in [2.24, 2.45) is 0 Å². The molecule has 0 unspecified atom stereocenters. The van der Waals surface area contributed by atoms with Gasteiger partial charge in [-0.3, -0.25) is 4.79 Å². The summed E-state index contributed by atoms with van der Waals surface area (Å²) in [6.45, 7) is 1.03. The molecule has 0 aliphatic carbocycles. The van der Waals surface area contributed by atoms with Crippen LogP contribution in [0.1, 0.15) is 9.67 Å². The minimum absolute atomic E-state index is 0.301. The van der Waals surface area contributed by atoms with Gasteiger partial charge in [-0.05, 0) is 24.3 Å². The van der Waals surface area contributed by atoms with E-state index in [1.807, 2.05) is 30.3 Å². The first kappa shape index (κ1) is 17.6. The predicted octanol–water partition coefficient (Wildman–Crippen LogP) is 4.06. The number of ether oxygens (including phenoxy) is 3. The highest BCUT2D eigenvalue weighted by atomic mass is 32.1. The average Bonchev–Trinajstić information content (AvgIpc) is 3.06. The number of anilines is 2. The van der Waals surface area contributed by atoms with Crippen LogP contribution < -0.4 is 25.3 Å². The lowest BCUT2D eigenvalue weighted by molar-refractivity contribution is 0.103. The molecule has 7 nitrogen and oxygen atoms in total. The molecule has 0 saturated carbocycles. The summed E-state index contributed by atoms with van der Waals surface area (Å²) in [4.78, 5) is 18.7. The number of aromatic nitrogens is 1. The summed E-state index contributed by atoms with van der Waals surface area (Å²) in [6.07, 6.45) is 0. The molecule has 5 rings (SSSR count). The Balaban J connectivity index is 1.56. The number of methoxy groups -OCH3 is 1. The number of para-hydroxylation sites is 2. The van der Waals surface area contributed by atoms with Crippen molar-refractivity contribution in [1.29, 1.82) is 0 Å². The van der Waals surface area contributed by atoms with E-state index in [0.29, 0.717) is 51.5 Å². The van der Waals surface area contributed by atoms with Crippen molar-refractivity contribution in [3.8, 4) is 17.2 Å². The Morgan fingerprint density at radius 2 is 1.93 bits per heavy atom. The molecule has 0 atom stereocenters. The van der Waals surface area contributed by atoms with Crippen LogP contribution in [0.4, 0.5) is 11.4 Å². The van der Waals surface area contributed by atoms with Gasteiger partial charge in [-0.2, -0.15) is 0 Å². The van der Waals surface area contributed by atoms with Gasteiger partial charge >= 0.3 is 0 Å². The summed E-state index contributed by atoms with van der Waals surface area (Å²) in [6, 6.07) is 12.9. The van der Waals surface area contributed by atoms with Gasteiger partial charge in [-0.15, -0.1) is 11.3 Å². The first-order valence-corrected chi connectivity index (χ1v) is 9.82. The molecule has 2 aromatic carbocycles. The van der Waals surface area contributed by atoms with E-state index in [4.69, 9.17) is 19.9 Å². The highest BCUT2D eigenvalue weighted by Gasteiger charge is 2.20. The van der Waals surface area contributed by atoms with Gasteiger partial charge in [0, 0.05) is 16.8 Å². The highest BCUT2D eigenvalue weighted by molar-refractivity contribution is 7.21. The van der Waals surface area contributed by atoms with E-state index in [-0.39, 0.29) is 5.91 Å². The molecule has 0 fully saturated rings. The summed E-state index contributed by atoms with van der Waals surface area (Å²) in [5.41, 5.74) is 8.06. The molecule has 8 heteroatoms. The maximum atomic E-state index is 12.9. The number of rotatable bonds is 3. The van der Waals surface area contributed by atoms with Gasteiger partial charge in [0.1, 0.15) is 28.7 Å². The molecule has 3 heterocycles. The molecule has 1 amide bonds. The van der Waals surface area contributed by atoms with Crippen LogP contribution in [0.25, 0.3) is 21.1 Å². The van der Waals surface area contributed by atoms with E-state index in [1.54, 1.807) is 19.2 Å². The molecule has 1 aliphatic rings. The first-order valence-electron chi connectivity index (χ1n) is 9.01. The molecule has 1 aliphatic heterocycles. The van der Waals surface area contributed by atoms with Gasteiger partial charge in [0.2, 0.25) is 0 Å². The second-order valence-corrected chi connectivity index (χ2v) is 7.53. The van der Waals surface area contributed by atoms with E-state index in [1.165, 1.54) is 11.3 Å². The van der Waals surface area contributed by atoms with E-state index in [9.17, 15) is 4.79 Å². The maximum Gasteiger partial charge on any atom is 0.268 e. The number of thiophene rings is 1. The van der Waals surface area contributed by atoms with Crippen molar-refractivity contribution in [2.45, 2.75) is 0 Å². The van der Waals surface area contributed by atoms with Crippen LogP contribution in [0.15, 0.2) is 42.5 Å². The Hall–Kier alpha value is -3.52. The number of nitrogen functional groups attached to an aromatic ring is 1. The Kier molecular flexibility index (Phi) is 4.13. The minimum atomic E-state index is -0.301. The predicted molar refractivity (Wildman–Crippen MR) is 113 cm³/mol. The molecule has 0 spiro atoms. The second-order valence-electron chi connectivity index (χ2n) is 6.53. The van der Waals surface area contributed by atoms with E-state index in [2.05, 4.69) is 10.3 Å². The number of nitrogens with two attached hydrogens (primary N) is 1. The van der Waals surface area contributed by atoms with Crippen molar-refractivity contribution in [3.63, 3.8) is 0 Å². The van der Waals surface area contributed by atoms with Gasteiger partial charge < -0.3 is 25.3 Å². The van der Waals surface area contributed by atoms with E-state index in [0.717, 1.165) is 16.3 Å². The summed E-state index contributed by atoms with van der Waals surface area (Å²) in [5.74, 6) is 1.64. The molecular weight excluding hydrogens is 390 g/mol. The molecule has 29 heavy (non-hydrogen) atoms. The maximum absolute atomic E-state index is 12.9. The van der Waals surface area contributed by atoms with Crippen LogP contribution in [0, 0.1) is 0 Å². The molecule has 146 valence electrons. The standard InChI is InChI=1S/C21H17N3O4S/c1-26-15-5-3-2-4-13(15)23-20(25)19-18(22)12-8-11-9-16-17(28-7-6-27-16)10-14(11)24-21(12)29-19/h2-5,8-10H,6-7,22H2,1H3,(H,23,25). The van der Waals surface area contributed by atoms with Crippen molar-refractivity contribution in [2.75, 3.05) is 31.4 Å². The van der Waals surface area contributed by atoms with Gasteiger partial charge in [-0.1, -0.05) is 12.1 Å². The van der Waals surface area contributed by atoms with Crippen molar-refractivity contribution in [1.82, 2.24) is 4.98 Å². The number of hydrogen-bond acceptors (Lipinski definition) is 7. The lowest BCUT2D eigenvalue weighted by Crippen LogP contribution is -2.15. The number of pyridine rings is 1. The zero-order chi connectivity index (χ0) is 20.0. The van der Waals surface area contributed by atoms with E-state index < -0.39 is 0 Å². The third kappa shape index (κ3) is 2.98. The smallest absolute Gasteiger partial charge is 0.268 e. The Morgan fingerprint density at radius 1 is 1.17 bits per heavy atom. The summed E-state index contributed by atoms with van der Waals surface area (Å²) in [5, 5.41) is 4.48. The van der Waals surface area contributed by atoms with Crippen LogP contribution >= 0.6 is 11.3 Å². The number of fused-ring (bicyclic) bond motifs is 3. The number of amides is 1. The molecule has 4 aromatic rings. The molecule has 0 radical (unpaired) electrons. The molecule has 2 aromatic heterocycles. The van der Waals surface area contributed by atoms with Crippen LogP contribution in [-0.4, -0.2) is 31.2 Å². The zero-order valence-corrected chi connectivity index (χ0v) is 16.3. The van der Waals surface area contributed by atoms with Gasteiger partial charge in [0.05, 0.1) is 24.0 Å². The average molecular weight is 407 g/mol. The minimum Gasteiger partial charge on any atom is -0.495 e. The van der Waals surface area contributed by atoms with Crippen molar-refractivity contribution < 1.29 is 19.0 Å². The zero-order valence-electron chi connectivity index (χ0n) is 15.5. The highest BCUT2D eigenvalue weighted by Crippen LogP contribution is 2.39. The third-order valence-electron chi connectivity index (χ3n) is 4.74. The Bertz CT molecular complexity index is 1270. The van der Waals surface area contributed by atoms with Crippen molar-refractivity contribution in [3.05, 3.63) is 47.3 Å². The number of nitrogens with zero attached hydrogens (tertiary/aromatic N) is 1. The fourth-order valence-electron chi connectivity index (χ4n) is 3.33. The largest absolute Gasteiger partial charge is 0.495 e. The molecule has 0 saturated heterocycles. The Labute approximate surface area is 170 Å². The molecule has 0 bridgehead atoms. The summed E-state index contributed by atoms with van der Waals surface area (Å²) in [7, 11) is 1.56. The fraction of sp³-hybridized carbons (Fsp3) is 0.143. The van der Waals surface area contributed by atoms with Crippen LogP contribution in [0.3, 0.4) is 0 Å². The number of nitrogens with one attached hydrogen (secondary N) is 1. The summed E-state index contributed by atoms with van der Waals surface area (Å²) >= 11 is 1.26. The van der Waals surface area contributed by atoms with Gasteiger partial charge in [-0.25, -0.2) is 4.98 Å². The van der Waals surface area contributed by atoms with Crippen molar-refractivity contribution >= 4 is 49.7 Å². The normalized spacial score (nSPS) is 12.9. The SMILES string of the molecule is COc1ccccc1NC(=O)c1sc2nc3cc4c(cc3cc2c1N)OCCO4. The lowest BCUT2D eigenvalue weighted by atomic mass is 10.1. The van der Waals surface area contributed by atoms with Gasteiger partial charge in [0.25, 0.3) is 5.91 Å². The Morgan fingerprint density at radius 3 is 2.72 bits per heavy atom. The molecule has 3 N–H and O–H groups in total. The first-order chi connectivity index (χ1) is 14.1. The van der Waals surface area contributed by atoms with Crippen LogP contribution in [-0.2, 0) is 0 Å². The van der Waals surface area contributed by atoms with Gasteiger partial charge in [0.15, 0.2) is 11.5 Å². The summed E-state index contributed by atoms with van der Waals surface area (Å²) < 4.78 is 16.6. The van der Waals surface area contributed by atoms with Crippen LogP contribution in [0.5, 0.6) is 17.2 Å². The number of hydrogen-bond donors (Lipinski definition) is 2. The third-order valence-corrected chi connectivity index (χ3v) is 5.85. The lowest BCUT2D eigenvalue weighted by Gasteiger charge is -2.18.